The smallest absolute Gasteiger partial charge is 0.168 e. The van der Waals surface area contributed by atoms with Crippen LogP contribution in [0, 0.1) is 6.92 Å². The highest BCUT2D eigenvalue weighted by Gasteiger charge is 2.09. The summed E-state index contributed by atoms with van der Waals surface area (Å²) in [5, 5.41) is 17.8. The Morgan fingerprint density at radius 1 is 1.12 bits per heavy atom. The summed E-state index contributed by atoms with van der Waals surface area (Å²) in [4.78, 5) is 0. The molecule has 0 saturated carbocycles. The van der Waals surface area contributed by atoms with Gasteiger partial charge in [0.05, 0.1) is 0 Å². The molecule has 1 aromatic carbocycles. The average molecular weight is 225 g/mol. The van der Waals surface area contributed by atoms with Crippen molar-refractivity contribution in [2.24, 2.45) is 0 Å². The summed E-state index contributed by atoms with van der Waals surface area (Å²) in [6.45, 7) is 2.00. The van der Waals surface area contributed by atoms with Crippen LogP contribution in [0.4, 0.5) is 0 Å². The molecule has 0 unspecified atom stereocenters. The lowest BCUT2D eigenvalue weighted by molar-refractivity contribution is 0.475. The first-order chi connectivity index (χ1) is 8.25. The molecule has 1 N–H and O–H groups in total. The third-order valence-corrected chi connectivity index (χ3v) is 2.73. The fourth-order valence-electron chi connectivity index (χ4n) is 1.89. The van der Waals surface area contributed by atoms with Crippen LogP contribution in [-0.2, 0) is 0 Å². The lowest BCUT2D eigenvalue weighted by Gasteiger charge is -2.01. The van der Waals surface area contributed by atoms with Gasteiger partial charge in [0.15, 0.2) is 11.5 Å². The summed E-state index contributed by atoms with van der Waals surface area (Å²) in [5.41, 5.74) is 2.76. The molecule has 0 amide bonds. The molecule has 2 aromatic heterocycles. The number of aryl methyl sites for hydroxylation is 1. The van der Waals surface area contributed by atoms with Gasteiger partial charge in [0, 0.05) is 11.8 Å². The molecule has 0 aliphatic rings. The number of phenolic OH excluding ortho intramolecular Hbond substituents is 1. The zero-order valence-corrected chi connectivity index (χ0v) is 9.33. The van der Waals surface area contributed by atoms with E-state index in [-0.39, 0.29) is 5.75 Å². The maximum Gasteiger partial charge on any atom is 0.168 e. The van der Waals surface area contributed by atoms with Crippen molar-refractivity contribution in [1.29, 1.82) is 0 Å². The fraction of sp³-hybridized carbons (Fsp3) is 0.0769. The molecule has 0 bridgehead atoms. The van der Waals surface area contributed by atoms with Gasteiger partial charge in [0.1, 0.15) is 5.75 Å². The summed E-state index contributed by atoms with van der Waals surface area (Å²) in [7, 11) is 0. The Hall–Kier alpha value is -2.36. The van der Waals surface area contributed by atoms with Crippen molar-refractivity contribution < 1.29 is 5.11 Å². The number of nitrogens with zero attached hydrogens (tertiary/aromatic N) is 3. The second-order valence-corrected chi connectivity index (χ2v) is 3.96. The van der Waals surface area contributed by atoms with Crippen LogP contribution in [0.2, 0.25) is 0 Å². The second-order valence-electron chi connectivity index (χ2n) is 3.96. The quantitative estimate of drug-likeness (QED) is 0.691. The van der Waals surface area contributed by atoms with E-state index in [2.05, 4.69) is 10.2 Å². The SMILES string of the molecule is Cc1cccn2c(-c3cccc(O)c3)nnc12. The van der Waals surface area contributed by atoms with Crippen LogP contribution in [0.1, 0.15) is 5.56 Å². The van der Waals surface area contributed by atoms with E-state index in [1.807, 2.05) is 35.7 Å². The topological polar surface area (TPSA) is 50.4 Å². The Morgan fingerprint density at radius 3 is 2.82 bits per heavy atom. The van der Waals surface area contributed by atoms with Gasteiger partial charge < -0.3 is 5.11 Å². The summed E-state index contributed by atoms with van der Waals surface area (Å²) >= 11 is 0. The Balaban J connectivity index is 2.28. The summed E-state index contributed by atoms with van der Waals surface area (Å²) < 4.78 is 1.92. The second kappa shape index (κ2) is 3.59. The maximum absolute atomic E-state index is 9.48. The summed E-state index contributed by atoms with van der Waals surface area (Å²) in [6, 6.07) is 11.0. The highest BCUT2D eigenvalue weighted by molar-refractivity contribution is 5.62. The molecule has 0 saturated heterocycles. The number of aromatic hydroxyl groups is 1. The van der Waals surface area contributed by atoms with E-state index in [1.54, 1.807) is 18.2 Å². The molecule has 0 radical (unpaired) electrons. The number of aromatic nitrogens is 3. The van der Waals surface area contributed by atoms with Crippen molar-refractivity contribution in [2.45, 2.75) is 6.92 Å². The van der Waals surface area contributed by atoms with Crippen molar-refractivity contribution in [2.75, 3.05) is 0 Å². The Kier molecular flexibility index (Phi) is 2.08. The number of hydrogen-bond donors (Lipinski definition) is 1. The minimum Gasteiger partial charge on any atom is -0.508 e. The number of benzene rings is 1. The molecule has 0 fully saturated rings. The van der Waals surface area contributed by atoms with Crippen molar-refractivity contribution >= 4 is 5.65 Å². The van der Waals surface area contributed by atoms with Crippen LogP contribution in [0.5, 0.6) is 5.75 Å². The minimum absolute atomic E-state index is 0.229. The predicted octanol–water partition coefficient (Wildman–Crippen LogP) is 2.41. The van der Waals surface area contributed by atoms with Gasteiger partial charge in [-0.25, -0.2) is 0 Å². The molecule has 4 heteroatoms. The van der Waals surface area contributed by atoms with Gasteiger partial charge in [0.25, 0.3) is 0 Å². The van der Waals surface area contributed by atoms with Crippen LogP contribution in [-0.4, -0.2) is 19.7 Å². The Labute approximate surface area is 98.2 Å². The van der Waals surface area contributed by atoms with Crippen molar-refractivity contribution in [1.82, 2.24) is 14.6 Å². The van der Waals surface area contributed by atoms with Crippen LogP contribution >= 0.6 is 0 Å². The van der Waals surface area contributed by atoms with Crippen LogP contribution < -0.4 is 0 Å². The van der Waals surface area contributed by atoms with Gasteiger partial charge in [0.2, 0.25) is 0 Å². The first-order valence-corrected chi connectivity index (χ1v) is 5.35. The summed E-state index contributed by atoms with van der Waals surface area (Å²) in [5.74, 6) is 0.964. The number of fused-ring (bicyclic) bond motifs is 1. The molecule has 0 spiro atoms. The lowest BCUT2D eigenvalue weighted by Crippen LogP contribution is -1.90. The lowest BCUT2D eigenvalue weighted by atomic mass is 10.2. The van der Waals surface area contributed by atoms with E-state index in [1.165, 1.54) is 0 Å². The largest absolute Gasteiger partial charge is 0.508 e. The molecule has 84 valence electrons. The monoisotopic (exact) mass is 225 g/mol. The first-order valence-electron chi connectivity index (χ1n) is 5.35. The average Bonchev–Trinajstić information content (AvgIpc) is 2.74. The Bertz CT molecular complexity index is 688. The van der Waals surface area contributed by atoms with E-state index in [4.69, 9.17) is 0 Å². The van der Waals surface area contributed by atoms with E-state index >= 15 is 0 Å². The van der Waals surface area contributed by atoms with Crippen molar-refractivity contribution in [3.05, 3.63) is 48.2 Å². The van der Waals surface area contributed by atoms with Gasteiger partial charge in [-0.1, -0.05) is 18.2 Å². The zero-order chi connectivity index (χ0) is 11.8. The third kappa shape index (κ3) is 1.54. The highest BCUT2D eigenvalue weighted by atomic mass is 16.3. The number of hydrogen-bond acceptors (Lipinski definition) is 3. The van der Waals surface area contributed by atoms with E-state index < -0.39 is 0 Å². The van der Waals surface area contributed by atoms with Gasteiger partial charge in [-0.3, -0.25) is 4.40 Å². The minimum atomic E-state index is 0.229. The number of rotatable bonds is 1. The molecule has 4 nitrogen and oxygen atoms in total. The maximum atomic E-state index is 9.48. The zero-order valence-electron chi connectivity index (χ0n) is 9.33. The molecule has 0 atom stereocenters. The summed E-state index contributed by atoms with van der Waals surface area (Å²) in [6.07, 6.45) is 1.92. The van der Waals surface area contributed by atoms with E-state index in [9.17, 15) is 5.11 Å². The molecule has 3 aromatic rings. The van der Waals surface area contributed by atoms with E-state index in [0.29, 0.717) is 0 Å². The van der Waals surface area contributed by atoms with Crippen molar-refractivity contribution in [3.8, 4) is 17.1 Å². The molecule has 0 aliphatic carbocycles. The van der Waals surface area contributed by atoms with Crippen LogP contribution in [0.3, 0.4) is 0 Å². The standard InChI is InChI=1S/C13H11N3O/c1-9-4-3-7-16-12(9)14-15-13(16)10-5-2-6-11(17)8-10/h2-8,17H,1H3. The number of phenols is 1. The van der Waals surface area contributed by atoms with Crippen LogP contribution in [0.15, 0.2) is 42.6 Å². The highest BCUT2D eigenvalue weighted by Crippen LogP contribution is 2.22. The van der Waals surface area contributed by atoms with Gasteiger partial charge in [-0.05, 0) is 30.7 Å². The van der Waals surface area contributed by atoms with Gasteiger partial charge in [-0.2, -0.15) is 0 Å². The molecule has 17 heavy (non-hydrogen) atoms. The number of pyridine rings is 1. The van der Waals surface area contributed by atoms with Gasteiger partial charge >= 0.3 is 0 Å². The third-order valence-electron chi connectivity index (χ3n) is 2.73. The van der Waals surface area contributed by atoms with Gasteiger partial charge in [-0.15, -0.1) is 10.2 Å². The molecular weight excluding hydrogens is 214 g/mol. The van der Waals surface area contributed by atoms with Crippen molar-refractivity contribution in [3.63, 3.8) is 0 Å². The molecule has 2 heterocycles. The normalized spacial score (nSPS) is 10.9. The fourth-order valence-corrected chi connectivity index (χ4v) is 1.89. The van der Waals surface area contributed by atoms with Crippen LogP contribution in [0.25, 0.3) is 17.0 Å². The van der Waals surface area contributed by atoms with E-state index in [0.717, 1.165) is 22.6 Å². The predicted molar refractivity (Wildman–Crippen MR) is 64.8 cm³/mol. The molecular formula is C13H11N3O. The first kappa shape index (κ1) is 9.84. The Morgan fingerprint density at radius 2 is 2.00 bits per heavy atom. The molecule has 0 aliphatic heterocycles. The molecule has 3 rings (SSSR count).